The Morgan fingerprint density at radius 2 is 1.06 bits per heavy atom. The van der Waals surface area contributed by atoms with E-state index in [-0.39, 0.29) is 5.41 Å². The van der Waals surface area contributed by atoms with Crippen molar-refractivity contribution >= 4 is 38.9 Å². The van der Waals surface area contributed by atoms with Crippen LogP contribution in [0, 0.1) is 5.92 Å². The van der Waals surface area contributed by atoms with Crippen LogP contribution in [0.5, 0.6) is 0 Å². The third kappa shape index (κ3) is 9.17. The number of hydrogen-bond acceptors (Lipinski definition) is 1. The van der Waals surface area contributed by atoms with Crippen LogP contribution in [0.4, 0.5) is 17.1 Å². The number of rotatable bonds is 11. The van der Waals surface area contributed by atoms with Crippen LogP contribution >= 0.6 is 0 Å². The van der Waals surface area contributed by atoms with Crippen molar-refractivity contribution < 1.29 is 0 Å². The summed E-state index contributed by atoms with van der Waals surface area (Å²) in [5.41, 5.74) is 21.9. The van der Waals surface area contributed by atoms with Gasteiger partial charge in [0.1, 0.15) is 0 Å². The summed E-state index contributed by atoms with van der Waals surface area (Å²) in [6.07, 6.45) is 22.4. The first kappa shape index (κ1) is 50.0. The average Bonchev–Trinajstić information content (AvgIpc) is 4.26. The van der Waals surface area contributed by atoms with Gasteiger partial charge in [-0.25, -0.2) is 0 Å². The Morgan fingerprint density at radius 3 is 1.73 bits per heavy atom. The van der Waals surface area contributed by atoms with Crippen LogP contribution in [0.2, 0.25) is 0 Å². The molecule has 1 aromatic heterocycles. The Hall–Kier alpha value is -9.50. The van der Waals surface area contributed by atoms with Crippen molar-refractivity contribution in [3.63, 3.8) is 0 Å². The van der Waals surface area contributed by atoms with Gasteiger partial charge < -0.3 is 9.47 Å². The van der Waals surface area contributed by atoms with Crippen LogP contribution in [0.15, 0.2) is 309 Å². The molecule has 0 saturated carbocycles. The fourth-order valence-corrected chi connectivity index (χ4v) is 13.2. The van der Waals surface area contributed by atoms with Gasteiger partial charge in [-0.3, -0.25) is 0 Å². The fourth-order valence-electron chi connectivity index (χ4n) is 13.2. The average molecular weight is 1030 g/mol. The molecule has 3 aliphatic rings. The molecule has 2 nitrogen and oxygen atoms in total. The fraction of sp³-hybridized carbons (Fsp3) is 0.103. The highest BCUT2D eigenvalue weighted by Crippen LogP contribution is 2.62. The van der Waals surface area contributed by atoms with Gasteiger partial charge in [0.2, 0.25) is 0 Å². The predicted octanol–water partition coefficient (Wildman–Crippen LogP) is 21.3. The van der Waals surface area contributed by atoms with Crippen molar-refractivity contribution in [2.24, 2.45) is 5.92 Å². The molecule has 0 N–H and O–H groups in total. The number of hydrogen-bond donors (Lipinski definition) is 0. The molecule has 3 unspecified atom stereocenters. The summed E-state index contributed by atoms with van der Waals surface area (Å²) in [7, 11) is 0. The van der Waals surface area contributed by atoms with Gasteiger partial charge in [0, 0.05) is 39.4 Å². The second kappa shape index (κ2) is 22.1. The molecule has 0 spiro atoms. The lowest BCUT2D eigenvalue weighted by Gasteiger charge is -2.41. The molecule has 0 bridgehead atoms. The zero-order valence-electron chi connectivity index (χ0n) is 45.4. The zero-order valence-corrected chi connectivity index (χ0v) is 45.4. The highest BCUT2D eigenvalue weighted by atomic mass is 15.1. The van der Waals surface area contributed by atoms with Gasteiger partial charge in [-0.2, -0.15) is 0 Å². The molecule has 10 aromatic carbocycles. The third-order valence-electron chi connectivity index (χ3n) is 16.8. The first-order chi connectivity index (χ1) is 39.6. The lowest BCUT2D eigenvalue weighted by atomic mass is 9.61. The van der Waals surface area contributed by atoms with Gasteiger partial charge in [0.25, 0.3) is 0 Å². The Morgan fingerprint density at radius 1 is 0.475 bits per heavy atom. The highest BCUT2D eigenvalue weighted by molar-refractivity contribution is 6.10. The second-order valence-electron chi connectivity index (χ2n) is 21.4. The van der Waals surface area contributed by atoms with Crippen LogP contribution in [0.1, 0.15) is 55.2 Å². The predicted molar refractivity (Wildman–Crippen MR) is 341 cm³/mol. The lowest BCUT2D eigenvalue weighted by molar-refractivity contribution is 0.391. The van der Waals surface area contributed by atoms with Gasteiger partial charge in [-0.1, -0.05) is 231 Å². The summed E-state index contributed by atoms with van der Waals surface area (Å²) in [5, 5.41) is 2.46. The monoisotopic (exact) mass is 1030 g/mol. The maximum Gasteiger partial charge on any atom is 0.0541 e. The van der Waals surface area contributed by atoms with Crippen molar-refractivity contribution in [1.82, 2.24) is 4.57 Å². The van der Waals surface area contributed by atoms with E-state index in [1.807, 2.05) is 19.1 Å². The minimum absolute atomic E-state index is 0.309. The first-order valence-corrected chi connectivity index (χ1v) is 28.4. The molecule has 1 heterocycles. The second-order valence-corrected chi connectivity index (χ2v) is 21.4. The Kier molecular flexibility index (Phi) is 13.8. The van der Waals surface area contributed by atoms with Crippen molar-refractivity contribution in [1.29, 1.82) is 0 Å². The minimum Gasteiger partial charge on any atom is -0.310 e. The molecule has 0 amide bonds. The van der Waals surface area contributed by atoms with Crippen molar-refractivity contribution in [3.05, 3.63) is 326 Å². The van der Waals surface area contributed by atoms with Gasteiger partial charge in [-0.15, -0.1) is 0 Å². The van der Waals surface area contributed by atoms with Gasteiger partial charge >= 0.3 is 0 Å². The minimum atomic E-state index is -0.309. The van der Waals surface area contributed by atoms with Crippen LogP contribution in [0.25, 0.3) is 72.0 Å². The molecule has 386 valence electrons. The third-order valence-corrected chi connectivity index (χ3v) is 16.8. The SMILES string of the molecule is C1=CC(C2(c3ccccc3)c3cc(N(c4ccc(-c5ccccc5)cc4)c4cccc(-c5ccc6c(c5)c5ccccc5n6-c5cc(-c6ccccc6)cc(-c6ccccc6)c5)c4)ccc3C3CCC=CC32)=CCC1.C=C/C=C\C. The standard InChI is InChI=1S/C73H56N2.C5H8/c1-6-21-51(22-7-1)54-37-40-61(41-38-54)74(63-42-43-66-65-33-16-18-35-69(65)73(70(66)50-63,59-28-12-4-13-29-59)60-30-14-5-15-31-60)62-32-20-27-55(46-62)56-39-44-72-68(49-56)67-34-17-19-36-71(67)75(72)64-47-57(52-23-8-2-9-24-52)45-58(48-64)53-25-10-3-11-26-53;1-3-5-4-2/h1-4,6-14,17-32,34-50,65,69H,5,15-16,33H2;3-5H,1H2,2H3/b;5-4-. The van der Waals surface area contributed by atoms with Gasteiger partial charge in [-0.05, 0) is 178 Å². The van der Waals surface area contributed by atoms with Gasteiger partial charge in [0.15, 0.2) is 0 Å². The maximum absolute atomic E-state index is 3.46. The summed E-state index contributed by atoms with van der Waals surface area (Å²) in [5.74, 6) is 0.770. The normalized spacial score (nSPS) is 17.1. The van der Waals surface area contributed by atoms with Crippen molar-refractivity contribution in [3.8, 4) is 50.2 Å². The highest BCUT2D eigenvalue weighted by Gasteiger charge is 2.54. The number of para-hydroxylation sites is 1. The number of benzene rings is 10. The molecule has 3 atom stereocenters. The van der Waals surface area contributed by atoms with Crippen LogP contribution < -0.4 is 4.90 Å². The number of nitrogens with zero attached hydrogens (tertiary/aromatic N) is 2. The molecule has 80 heavy (non-hydrogen) atoms. The van der Waals surface area contributed by atoms with E-state index in [1.165, 1.54) is 88.6 Å². The molecule has 14 rings (SSSR count). The summed E-state index contributed by atoms with van der Waals surface area (Å²) in [4.78, 5) is 2.49. The summed E-state index contributed by atoms with van der Waals surface area (Å²) in [6, 6.07) is 92.4. The van der Waals surface area contributed by atoms with E-state index in [0.717, 1.165) is 48.4 Å². The number of allylic oxidation sites excluding steroid dienone is 9. The van der Waals surface area contributed by atoms with Crippen LogP contribution in [-0.4, -0.2) is 4.57 Å². The van der Waals surface area contributed by atoms with E-state index >= 15 is 0 Å². The first-order valence-electron chi connectivity index (χ1n) is 28.4. The van der Waals surface area contributed by atoms with Crippen molar-refractivity contribution in [2.45, 2.75) is 43.9 Å². The molecule has 11 aromatic rings. The van der Waals surface area contributed by atoms with Crippen molar-refractivity contribution in [2.75, 3.05) is 4.90 Å². The maximum atomic E-state index is 3.46. The quantitative estimate of drug-likeness (QED) is 0.0926. The van der Waals surface area contributed by atoms with E-state index in [4.69, 9.17) is 0 Å². The summed E-state index contributed by atoms with van der Waals surface area (Å²) in [6.45, 7) is 5.42. The Labute approximate surface area is 472 Å². The molecule has 0 fully saturated rings. The summed E-state index contributed by atoms with van der Waals surface area (Å²) >= 11 is 0. The Bertz CT molecular complexity index is 4080. The molecule has 3 aliphatic carbocycles. The molecule has 0 radical (unpaired) electrons. The van der Waals surface area contributed by atoms with E-state index in [1.54, 1.807) is 6.08 Å². The topological polar surface area (TPSA) is 8.17 Å². The number of aromatic nitrogens is 1. The molecular weight excluding hydrogens is 965 g/mol. The van der Waals surface area contributed by atoms with E-state index in [9.17, 15) is 0 Å². The lowest BCUT2D eigenvalue weighted by Crippen LogP contribution is -2.36. The van der Waals surface area contributed by atoms with E-state index in [2.05, 4.69) is 295 Å². The molecule has 0 aliphatic heterocycles. The van der Waals surface area contributed by atoms with Crippen LogP contribution in [-0.2, 0) is 5.41 Å². The molecule has 0 saturated heterocycles. The molecular formula is C78H64N2. The smallest absolute Gasteiger partial charge is 0.0541 e. The zero-order chi connectivity index (χ0) is 53.8. The number of anilines is 3. The van der Waals surface area contributed by atoms with E-state index < -0.39 is 0 Å². The summed E-state index contributed by atoms with van der Waals surface area (Å²) < 4.78 is 2.46. The number of fused-ring (bicyclic) bond motifs is 6. The molecule has 2 heteroatoms. The van der Waals surface area contributed by atoms with E-state index in [0.29, 0.717) is 11.8 Å². The largest absolute Gasteiger partial charge is 0.310 e. The van der Waals surface area contributed by atoms with Gasteiger partial charge in [0.05, 0.1) is 16.4 Å². The van der Waals surface area contributed by atoms with Crippen LogP contribution in [0.3, 0.4) is 0 Å². The Balaban J connectivity index is 0.00000116.